The van der Waals surface area contributed by atoms with Gasteiger partial charge in [-0.2, -0.15) is 0 Å². The van der Waals surface area contributed by atoms with E-state index in [1.807, 2.05) is 0 Å². The van der Waals surface area contributed by atoms with Gasteiger partial charge in [0, 0.05) is 16.5 Å². The Labute approximate surface area is 290 Å². The second-order valence-electron chi connectivity index (χ2n) is 13.7. The van der Waals surface area contributed by atoms with Crippen molar-refractivity contribution in [2.45, 2.75) is 6.42 Å². The van der Waals surface area contributed by atoms with Gasteiger partial charge in [0.05, 0.1) is 11.0 Å². The summed E-state index contributed by atoms with van der Waals surface area (Å²) in [6.45, 7) is 0. The standard InChI is InChI=1S/C49H31N/c1-2-15-39-37(13-1)38-14-3-4-16-40(38)47-29-33(25-26-42(39)47)36-19-10-20-41-45-28-32(23-24-34(45)30-46(36)41)31-11-9-12-35(27-31)50-48-21-7-5-17-43(48)44-18-6-8-22-49(44)50/h1-29H,30H2. The minimum absolute atomic E-state index is 0.943. The quantitative estimate of drug-likeness (QED) is 0.171. The van der Waals surface area contributed by atoms with E-state index < -0.39 is 0 Å². The van der Waals surface area contributed by atoms with Crippen LogP contribution in [0.1, 0.15) is 11.1 Å². The van der Waals surface area contributed by atoms with Crippen LogP contribution in [-0.4, -0.2) is 4.57 Å². The van der Waals surface area contributed by atoms with Crippen LogP contribution in [0.4, 0.5) is 0 Å². The second-order valence-corrected chi connectivity index (χ2v) is 13.7. The summed E-state index contributed by atoms with van der Waals surface area (Å²) in [7, 11) is 0. The first kappa shape index (κ1) is 27.5. The van der Waals surface area contributed by atoms with Crippen LogP contribution in [0, 0.1) is 0 Å². The average Bonchev–Trinajstić information content (AvgIpc) is 3.73. The Morgan fingerprint density at radius 2 is 0.860 bits per heavy atom. The Morgan fingerprint density at radius 1 is 0.320 bits per heavy atom. The maximum absolute atomic E-state index is 2.42. The zero-order valence-corrected chi connectivity index (χ0v) is 27.4. The van der Waals surface area contributed by atoms with Gasteiger partial charge in [-0.15, -0.1) is 0 Å². The molecule has 50 heavy (non-hydrogen) atoms. The van der Waals surface area contributed by atoms with E-state index in [9.17, 15) is 0 Å². The third kappa shape index (κ3) is 3.95. The highest BCUT2D eigenvalue weighted by molar-refractivity contribution is 6.25. The smallest absolute Gasteiger partial charge is 0.0541 e. The van der Waals surface area contributed by atoms with Crippen LogP contribution in [-0.2, 0) is 6.42 Å². The summed E-state index contributed by atoms with van der Waals surface area (Å²) >= 11 is 0. The highest BCUT2D eigenvalue weighted by Crippen LogP contribution is 2.45. The molecule has 1 aromatic heterocycles. The molecule has 0 saturated heterocycles. The summed E-state index contributed by atoms with van der Waals surface area (Å²) in [5, 5.41) is 10.4. The van der Waals surface area contributed by atoms with Gasteiger partial charge in [-0.1, -0.05) is 140 Å². The summed E-state index contributed by atoms with van der Waals surface area (Å²) in [5.74, 6) is 0. The molecule has 1 aliphatic rings. The molecule has 0 saturated carbocycles. The van der Waals surface area contributed by atoms with Gasteiger partial charge in [0.25, 0.3) is 0 Å². The summed E-state index contributed by atoms with van der Waals surface area (Å²) in [6.07, 6.45) is 0.943. The van der Waals surface area contributed by atoms with E-state index in [2.05, 4.69) is 180 Å². The molecule has 0 radical (unpaired) electrons. The van der Waals surface area contributed by atoms with Gasteiger partial charge < -0.3 is 4.57 Å². The minimum Gasteiger partial charge on any atom is -0.309 e. The van der Waals surface area contributed by atoms with Crippen molar-refractivity contribution in [3.8, 4) is 39.1 Å². The molecule has 0 aliphatic heterocycles. The number of benzene rings is 9. The van der Waals surface area contributed by atoms with E-state index >= 15 is 0 Å². The van der Waals surface area contributed by atoms with E-state index in [0.717, 1.165) is 6.42 Å². The normalized spacial score (nSPS) is 12.3. The summed E-state index contributed by atoms with van der Waals surface area (Å²) < 4.78 is 2.40. The second kappa shape index (κ2) is 10.5. The summed E-state index contributed by atoms with van der Waals surface area (Å²) in [6, 6.07) is 65.1. The fraction of sp³-hybridized carbons (Fsp3) is 0.0204. The zero-order chi connectivity index (χ0) is 32.8. The fourth-order valence-corrected chi connectivity index (χ4v) is 8.75. The first-order chi connectivity index (χ1) is 24.8. The molecule has 1 nitrogen and oxygen atoms in total. The van der Waals surface area contributed by atoms with Crippen LogP contribution in [0.25, 0.3) is 93.2 Å². The molecular weight excluding hydrogens is 603 g/mol. The van der Waals surface area contributed by atoms with Crippen molar-refractivity contribution in [3.63, 3.8) is 0 Å². The third-order valence-electron chi connectivity index (χ3n) is 11.0. The summed E-state index contributed by atoms with van der Waals surface area (Å²) in [4.78, 5) is 0. The van der Waals surface area contributed by atoms with Gasteiger partial charge in [-0.05, 0) is 120 Å². The van der Waals surface area contributed by atoms with Gasteiger partial charge >= 0.3 is 0 Å². The van der Waals surface area contributed by atoms with Crippen LogP contribution in [0.2, 0.25) is 0 Å². The van der Waals surface area contributed by atoms with Crippen LogP contribution >= 0.6 is 0 Å². The molecule has 0 bridgehead atoms. The number of hydrogen-bond acceptors (Lipinski definition) is 0. The first-order valence-electron chi connectivity index (χ1n) is 17.5. The Balaban J connectivity index is 1.03. The molecule has 232 valence electrons. The molecule has 0 amide bonds. The van der Waals surface area contributed by atoms with Crippen LogP contribution < -0.4 is 0 Å². The van der Waals surface area contributed by atoms with Crippen molar-refractivity contribution in [1.82, 2.24) is 4.57 Å². The maximum atomic E-state index is 2.42. The highest BCUT2D eigenvalue weighted by atomic mass is 15.0. The summed E-state index contributed by atoms with van der Waals surface area (Å²) in [5.41, 5.74) is 14.2. The SMILES string of the molecule is c1cc(-c2ccc3c(c2)-c2cccc(-c4ccc5c6ccccc6c6ccccc6c5c4)c2C3)cc(-n2c3ccccc3c3ccccc32)c1. The Hall–Kier alpha value is -6.44. The largest absolute Gasteiger partial charge is 0.309 e. The number of aromatic nitrogens is 1. The van der Waals surface area contributed by atoms with E-state index in [1.54, 1.807) is 0 Å². The molecule has 11 rings (SSSR count). The van der Waals surface area contributed by atoms with E-state index in [1.165, 1.54) is 104 Å². The Morgan fingerprint density at radius 3 is 1.56 bits per heavy atom. The lowest BCUT2D eigenvalue weighted by molar-refractivity contribution is 1.18. The molecule has 9 aromatic carbocycles. The molecule has 0 unspecified atom stereocenters. The zero-order valence-electron chi connectivity index (χ0n) is 27.4. The number of para-hydroxylation sites is 2. The molecule has 10 aromatic rings. The van der Waals surface area contributed by atoms with Gasteiger partial charge in [0.2, 0.25) is 0 Å². The van der Waals surface area contributed by atoms with Crippen molar-refractivity contribution >= 4 is 54.1 Å². The van der Waals surface area contributed by atoms with Crippen molar-refractivity contribution in [3.05, 3.63) is 187 Å². The van der Waals surface area contributed by atoms with Crippen LogP contribution in [0.15, 0.2) is 176 Å². The number of hydrogen-bond donors (Lipinski definition) is 0. The molecule has 1 aliphatic carbocycles. The fourth-order valence-electron chi connectivity index (χ4n) is 8.75. The molecule has 0 atom stereocenters. The van der Waals surface area contributed by atoms with E-state index in [-0.39, 0.29) is 0 Å². The minimum atomic E-state index is 0.943. The van der Waals surface area contributed by atoms with Crippen LogP contribution in [0.5, 0.6) is 0 Å². The lowest BCUT2D eigenvalue weighted by Crippen LogP contribution is -1.94. The predicted molar refractivity (Wildman–Crippen MR) is 212 cm³/mol. The molecular formula is C49H31N. The molecule has 0 spiro atoms. The maximum Gasteiger partial charge on any atom is 0.0541 e. The van der Waals surface area contributed by atoms with Crippen molar-refractivity contribution in [1.29, 1.82) is 0 Å². The molecule has 1 heteroatoms. The van der Waals surface area contributed by atoms with Gasteiger partial charge in [0.1, 0.15) is 0 Å². The lowest BCUT2D eigenvalue weighted by Gasteiger charge is -2.14. The van der Waals surface area contributed by atoms with Gasteiger partial charge in [-0.3, -0.25) is 0 Å². The van der Waals surface area contributed by atoms with Crippen molar-refractivity contribution in [2.24, 2.45) is 0 Å². The average molecular weight is 634 g/mol. The first-order valence-corrected chi connectivity index (χ1v) is 17.5. The van der Waals surface area contributed by atoms with Crippen molar-refractivity contribution in [2.75, 3.05) is 0 Å². The van der Waals surface area contributed by atoms with E-state index in [4.69, 9.17) is 0 Å². The Bertz CT molecular complexity index is 2920. The molecule has 0 fully saturated rings. The molecule has 1 heterocycles. The van der Waals surface area contributed by atoms with Crippen LogP contribution in [0.3, 0.4) is 0 Å². The monoisotopic (exact) mass is 633 g/mol. The Kier molecular flexibility index (Phi) is 5.79. The van der Waals surface area contributed by atoms with E-state index in [0.29, 0.717) is 0 Å². The molecule has 0 N–H and O–H groups in total. The number of fused-ring (bicyclic) bond motifs is 12. The number of nitrogens with zero attached hydrogens (tertiary/aromatic N) is 1. The predicted octanol–water partition coefficient (Wildman–Crippen LogP) is 13.1. The lowest BCUT2D eigenvalue weighted by atomic mass is 9.90. The van der Waals surface area contributed by atoms with Gasteiger partial charge in [0.15, 0.2) is 0 Å². The van der Waals surface area contributed by atoms with Gasteiger partial charge in [-0.25, -0.2) is 0 Å². The highest BCUT2D eigenvalue weighted by Gasteiger charge is 2.23. The number of rotatable bonds is 3. The topological polar surface area (TPSA) is 4.93 Å². The third-order valence-corrected chi connectivity index (χ3v) is 11.0. The van der Waals surface area contributed by atoms with Crippen molar-refractivity contribution < 1.29 is 0 Å².